The van der Waals surface area contributed by atoms with Crippen LogP contribution in [-0.2, 0) is 14.1 Å². The maximum atomic E-state index is 11.8. The van der Waals surface area contributed by atoms with Crippen LogP contribution in [0.3, 0.4) is 0 Å². The lowest BCUT2D eigenvalue weighted by atomic mass is 9.81. The molecule has 2 fully saturated rings. The topological polar surface area (TPSA) is 67.8 Å². The Kier molecular flexibility index (Phi) is 5.20. The number of aromatic nitrogens is 2. The molecule has 0 saturated carbocycles. The smallest absolute Gasteiger partial charge is 0.399 e. The number of hydrogen-bond donors (Lipinski definition) is 0. The predicted octanol–water partition coefficient (Wildman–Crippen LogP) is 1.05. The Balaban J connectivity index is 1.68. The highest BCUT2D eigenvalue weighted by Gasteiger charge is 2.52. The second-order valence-corrected chi connectivity index (χ2v) is 8.19. The van der Waals surface area contributed by atoms with Crippen molar-refractivity contribution >= 4 is 36.0 Å². The second kappa shape index (κ2) is 6.98. The highest BCUT2D eigenvalue weighted by molar-refractivity contribution is 6.61. The van der Waals surface area contributed by atoms with Gasteiger partial charge in [-0.05, 0) is 34.6 Å². The van der Waals surface area contributed by atoms with Crippen molar-refractivity contribution in [1.82, 2.24) is 14.9 Å². The average molecular weight is 381 g/mol. The van der Waals surface area contributed by atoms with Crippen molar-refractivity contribution in [3.05, 3.63) is 12.4 Å². The molecular formula is C17H26BClN4O3. The molecule has 2 aliphatic heterocycles. The fraction of sp³-hybridized carbons (Fsp3) is 0.706. The van der Waals surface area contributed by atoms with Crippen LogP contribution in [0, 0.1) is 0 Å². The van der Waals surface area contributed by atoms with Crippen LogP contribution in [0.15, 0.2) is 12.4 Å². The van der Waals surface area contributed by atoms with Gasteiger partial charge in [0.05, 0.1) is 11.2 Å². The van der Waals surface area contributed by atoms with Crippen molar-refractivity contribution in [3.8, 4) is 0 Å². The molecular weight excluding hydrogens is 354 g/mol. The summed E-state index contributed by atoms with van der Waals surface area (Å²) in [4.78, 5) is 24.7. The fourth-order valence-corrected chi connectivity index (χ4v) is 3.32. The van der Waals surface area contributed by atoms with Crippen LogP contribution in [0.4, 0.5) is 5.95 Å². The van der Waals surface area contributed by atoms with E-state index in [9.17, 15) is 4.79 Å². The third-order valence-corrected chi connectivity index (χ3v) is 5.76. The third kappa shape index (κ3) is 3.55. The van der Waals surface area contributed by atoms with Crippen molar-refractivity contribution in [2.45, 2.75) is 51.9 Å². The van der Waals surface area contributed by atoms with Crippen LogP contribution in [0.2, 0.25) is 0 Å². The largest absolute Gasteiger partial charge is 0.498 e. The molecule has 142 valence electrons. The Morgan fingerprint density at radius 1 is 1.23 bits per heavy atom. The van der Waals surface area contributed by atoms with Crippen LogP contribution in [0.1, 0.15) is 34.6 Å². The van der Waals surface area contributed by atoms with E-state index in [-0.39, 0.29) is 17.8 Å². The van der Waals surface area contributed by atoms with Gasteiger partial charge < -0.3 is 19.1 Å². The van der Waals surface area contributed by atoms with E-state index < -0.39 is 18.3 Å². The van der Waals surface area contributed by atoms with E-state index in [1.807, 2.05) is 27.7 Å². The average Bonchev–Trinajstić information content (AvgIpc) is 2.82. The Morgan fingerprint density at radius 3 is 2.31 bits per heavy atom. The number of piperazine rings is 1. The highest BCUT2D eigenvalue weighted by Crippen LogP contribution is 2.36. The summed E-state index contributed by atoms with van der Waals surface area (Å²) in [5.41, 5.74) is 0.0164. The minimum Gasteiger partial charge on any atom is -0.399 e. The summed E-state index contributed by atoms with van der Waals surface area (Å²) in [7, 11) is -0.468. The van der Waals surface area contributed by atoms with E-state index in [0.717, 1.165) is 5.46 Å². The first-order valence-electron chi connectivity index (χ1n) is 8.92. The highest BCUT2D eigenvalue weighted by atomic mass is 35.5. The molecule has 0 spiro atoms. The number of nitrogens with zero attached hydrogens (tertiary/aromatic N) is 4. The number of hydrogen-bond acceptors (Lipinski definition) is 6. The monoisotopic (exact) mass is 380 g/mol. The van der Waals surface area contributed by atoms with Gasteiger partial charge in [-0.15, -0.1) is 11.6 Å². The molecule has 1 aromatic rings. The maximum Gasteiger partial charge on any atom is 0.498 e. The van der Waals surface area contributed by atoms with Crippen LogP contribution in [-0.4, -0.2) is 70.7 Å². The standard InChI is InChI=1S/C17H26BClN4O3/c1-12-11-22(14(24)8-19)6-7-23(12)15-20-9-13(10-21-15)18-25-16(2,3)17(4,5)26-18/h9-10,12H,6-8,11H2,1-5H3. The van der Waals surface area contributed by atoms with Gasteiger partial charge >= 0.3 is 7.12 Å². The first-order chi connectivity index (χ1) is 12.1. The maximum absolute atomic E-state index is 11.8. The van der Waals surface area contributed by atoms with Crippen molar-refractivity contribution in [2.24, 2.45) is 0 Å². The minimum atomic E-state index is -0.468. The number of alkyl halides is 1. The van der Waals surface area contributed by atoms with Gasteiger partial charge in [-0.25, -0.2) is 9.97 Å². The molecule has 3 rings (SSSR count). The molecule has 0 aromatic carbocycles. The lowest BCUT2D eigenvalue weighted by molar-refractivity contribution is -0.129. The molecule has 9 heteroatoms. The number of carbonyl (C=O) groups excluding carboxylic acids is 1. The van der Waals surface area contributed by atoms with Gasteiger partial charge in [-0.3, -0.25) is 4.79 Å². The number of rotatable bonds is 3. The Labute approximate surface area is 160 Å². The molecule has 26 heavy (non-hydrogen) atoms. The molecule has 1 unspecified atom stereocenters. The molecule has 1 amide bonds. The lowest BCUT2D eigenvalue weighted by Gasteiger charge is -2.39. The van der Waals surface area contributed by atoms with E-state index in [1.54, 1.807) is 17.3 Å². The molecule has 0 aliphatic carbocycles. The van der Waals surface area contributed by atoms with Gasteiger partial charge in [-0.2, -0.15) is 0 Å². The van der Waals surface area contributed by atoms with Gasteiger partial charge in [0.15, 0.2) is 0 Å². The summed E-state index contributed by atoms with van der Waals surface area (Å²) in [6.45, 7) is 12.1. The third-order valence-electron chi connectivity index (χ3n) is 5.53. The molecule has 2 aliphatic rings. The summed E-state index contributed by atoms with van der Waals surface area (Å²) in [6.07, 6.45) is 3.51. The van der Waals surface area contributed by atoms with Gasteiger partial charge in [0.25, 0.3) is 0 Å². The Hall–Kier alpha value is -1.38. The van der Waals surface area contributed by atoms with E-state index in [2.05, 4.69) is 21.8 Å². The molecule has 0 bridgehead atoms. The van der Waals surface area contributed by atoms with Crippen molar-refractivity contribution in [3.63, 3.8) is 0 Å². The first-order valence-corrected chi connectivity index (χ1v) is 9.46. The van der Waals surface area contributed by atoms with Gasteiger partial charge in [0.2, 0.25) is 11.9 Å². The summed E-state index contributed by atoms with van der Waals surface area (Å²) >= 11 is 5.65. The molecule has 0 N–H and O–H groups in total. The van der Waals surface area contributed by atoms with Crippen LogP contribution < -0.4 is 10.4 Å². The summed E-state index contributed by atoms with van der Waals surface area (Å²) in [6, 6.07) is 0.124. The minimum absolute atomic E-state index is 0.0198. The van der Waals surface area contributed by atoms with Crippen LogP contribution in [0.5, 0.6) is 0 Å². The molecule has 2 saturated heterocycles. The summed E-state index contributed by atoms with van der Waals surface area (Å²) < 4.78 is 12.1. The summed E-state index contributed by atoms with van der Waals surface area (Å²) in [5, 5.41) is 0. The SMILES string of the molecule is CC1CN(C(=O)CCl)CCN1c1ncc(B2OC(C)(C)C(C)(C)O2)cn1. The van der Waals surface area contributed by atoms with Gasteiger partial charge in [-0.1, -0.05) is 0 Å². The normalized spacial score (nSPS) is 24.8. The quantitative estimate of drug-likeness (QED) is 0.577. The summed E-state index contributed by atoms with van der Waals surface area (Å²) in [5.74, 6) is 0.636. The van der Waals surface area contributed by atoms with Gasteiger partial charge in [0.1, 0.15) is 5.88 Å². The van der Waals surface area contributed by atoms with Crippen molar-refractivity contribution in [1.29, 1.82) is 0 Å². The number of halogens is 1. The number of carbonyl (C=O) groups is 1. The lowest BCUT2D eigenvalue weighted by Crippen LogP contribution is -2.54. The molecule has 1 atom stereocenters. The predicted molar refractivity (Wildman–Crippen MR) is 102 cm³/mol. The van der Waals surface area contributed by atoms with Crippen LogP contribution in [0.25, 0.3) is 0 Å². The molecule has 7 nitrogen and oxygen atoms in total. The van der Waals surface area contributed by atoms with E-state index in [0.29, 0.717) is 25.6 Å². The van der Waals surface area contributed by atoms with Crippen LogP contribution >= 0.6 is 11.6 Å². The Morgan fingerprint density at radius 2 is 1.81 bits per heavy atom. The van der Waals surface area contributed by atoms with Crippen molar-refractivity contribution < 1.29 is 14.1 Å². The molecule has 3 heterocycles. The first kappa shape index (κ1) is 19.4. The zero-order valence-corrected chi connectivity index (χ0v) is 16.8. The zero-order chi connectivity index (χ0) is 19.1. The number of anilines is 1. The zero-order valence-electron chi connectivity index (χ0n) is 16.0. The van der Waals surface area contributed by atoms with E-state index in [4.69, 9.17) is 20.9 Å². The Bertz CT molecular complexity index is 654. The van der Waals surface area contributed by atoms with E-state index >= 15 is 0 Å². The fourth-order valence-electron chi connectivity index (χ4n) is 3.15. The van der Waals surface area contributed by atoms with E-state index in [1.165, 1.54) is 0 Å². The van der Waals surface area contributed by atoms with Crippen molar-refractivity contribution in [2.75, 3.05) is 30.4 Å². The molecule has 0 radical (unpaired) electrons. The van der Waals surface area contributed by atoms with Gasteiger partial charge in [0, 0.05) is 43.5 Å². The molecule has 1 aromatic heterocycles. The number of amides is 1. The second-order valence-electron chi connectivity index (χ2n) is 7.92.